The predicted octanol–water partition coefficient (Wildman–Crippen LogP) is 9.47. The Morgan fingerprint density at radius 1 is 0.844 bits per heavy atom. The first kappa shape index (κ1) is 21.2. The summed E-state index contributed by atoms with van der Waals surface area (Å²) in [4.78, 5) is 4.90. The predicted molar refractivity (Wildman–Crippen MR) is 142 cm³/mol. The highest BCUT2D eigenvalue weighted by Crippen LogP contribution is 2.42. The minimum Gasteiger partial charge on any atom is -0.255 e. The van der Waals surface area contributed by atoms with Gasteiger partial charge in [0.25, 0.3) is 0 Å². The minimum absolute atomic E-state index is 0.0634. The lowest BCUT2D eigenvalue weighted by atomic mass is 9.82. The molecular weight excluding hydrogens is 406 g/mol. The topological polar surface area (TPSA) is 12.9 Å². The van der Waals surface area contributed by atoms with Crippen molar-refractivity contribution in [3.63, 3.8) is 0 Å². The van der Waals surface area contributed by atoms with Gasteiger partial charge in [-0.1, -0.05) is 71.0 Å². The molecule has 0 atom stereocenters. The van der Waals surface area contributed by atoms with Gasteiger partial charge >= 0.3 is 0 Å². The number of fused-ring (bicyclic) bond motifs is 4. The van der Waals surface area contributed by atoms with Crippen LogP contribution in [0.2, 0.25) is 0 Å². The number of nitrogens with zero attached hydrogens (tertiary/aromatic N) is 1. The Hall–Kier alpha value is -2.71. The molecule has 2 aromatic heterocycles. The van der Waals surface area contributed by atoms with Gasteiger partial charge in [-0.25, -0.2) is 0 Å². The Labute approximate surface area is 195 Å². The highest BCUT2D eigenvalue weighted by atomic mass is 32.1. The quantitative estimate of drug-likeness (QED) is 0.273. The first-order chi connectivity index (χ1) is 15.4. The summed E-state index contributed by atoms with van der Waals surface area (Å²) >= 11 is 1.89. The molecule has 5 rings (SSSR count). The molecule has 0 aliphatic heterocycles. The van der Waals surface area contributed by atoms with Crippen LogP contribution in [0, 0.1) is 0 Å². The van der Waals surface area contributed by atoms with E-state index in [9.17, 15) is 0 Å². The zero-order chi connectivity index (χ0) is 22.5. The van der Waals surface area contributed by atoms with E-state index in [-0.39, 0.29) is 5.41 Å². The van der Waals surface area contributed by atoms with Crippen molar-refractivity contribution in [2.75, 3.05) is 0 Å². The average Bonchev–Trinajstić information content (AvgIpc) is 3.16. The van der Waals surface area contributed by atoms with Crippen molar-refractivity contribution in [1.82, 2.24) is 4.98 Å². The van der Waals surface area contributed by atoms with Crippen LogP contribution in [0.15, 0.2) is 66.9 Å². The smallest absolute Gasteiger partial charge is 0.0880 e. The van der Waals surface area contributed by atoms with E-state index in [0.717, 1.165) is 5.69 Å². The maximum Gasteiger partial charge on any atom is 0.0880 e. The molecule has 2 heterocycles. The van der Waals surface area contributed by atoms with E-state index >= 15 is 0 Å². The summed E-state index contributed by atoms with van der Waals surface area (Å²) in [5.74, 6) is 0.636. The molecular formula is C30H31NS. The number of pyridine rings is 1. The molecule has 5 aromatic rings. The van der Waals surface area contributed by atoms with E-state index in [2.05, 4.69) is 95.3 Å². The molecule has 0 amide bonds. The molecule has 0 saturated heterocycles. The molecule has 0 aliphatic carbocycles. The molecule has 0 spiro atoms. The van der Waals surface area contributed by atoms with E-state index in [1.165, 1.54) is 60.5 Å². The Morgan fingerprint density at radius 2 is 1.62 bits per heavy atom. The summed E-state index contributed by atoms with van der Waals surface area (Å²) < 4.78 is 2.66. The van der Waals surface area contributed by atoms with Gasteiger partial charge in [0.1, 0.15) is 0 Å². The van der Waals surface area contributed by atoms with Crippen LogP contribution < -0.4 is 0 Å². The summed E-state index contributed by atoms with van der Waals surface area (Å²) in [5, 5.41) is 5.28. The molecule has 1 nitrogen and oxygen atoms in total. The van der Waals surface area contributed by atoms with Crippen LogP contribution >= 0.6 is 11.3 Å². The molecule has 0 unspecified atom stereocenters. The zero-order valence-corrected chi connectivity index (χ0v) is 20.5. The highest BCUT2D eigenvalue weighted by Gasteiger charge is 2.20. The van der Waals surface area contributed by atoms with Gasteiger partial charge in [0.2, 0.25) is 0 Å². The summed E-state index contributed by atoms with van der Waals surface area (Å²) in [6.45, 7) is 11.5. The van der Waals surface area contributed by atoms with Crippen molar-refractivity contribution in [2.24, 2.45) is 0 Å². The Kier molecular flexibility index (Phi) is 5.29. The van der Waals surface area contributed by atoms with Crippen molar-refractivity contribution in [1.29, 1.82) is 0 Å². The van der Waals surface area contributed by atoms with Crippen molar-refractivity contribution in [3.05, 3.63) is 78.0 Å². The van der Waals surface area contributed by atoms with Gasteiger partial charge in [-0.05, 0) is 70.3 Å². The fourth-order valence-corrected chi connectivity index (χ4v) is 6.26. The third kappa shape index (κ3) is 3.51. The second-order valence-corrected chi connectivity index (χ2v) is 11.0. The third-order valence-corrected chi connectivity index (χ3v) is 7.99. The average molecular weight is 438 g/mol. The lowest BCUT2D eigenvalue weighted by Crippen LogP contribution is -2.12. The largest absolute Gasteiger partial charge is 0.255 e. The highest BCUT2D eigenvalue weighted by molar-refractivity contribution is 7.26. The molecule has 0 radical (unpaired) electrons. The van der Waals surface area contributed by atoms with Gasteiger partial charge in [-0.15, -0.1) is 11.3 Å². The first-order valence-electron chi connectivity index (χ1n) is 11.8. The Morgan fingerprint density at radius 3 is 2.38 bits per heavy atom. The lowest BCUT2D eigenvalue weighted by molar-refractivity contribution is 0.596. The van der Waals surface area contributed by atoms with E-state index in [1.54, 1.807) is 0 Å². The van der Waals surface area contributed by atoms with Gasteiger partial charge in [-0.2, -0.15) is 0 Å². The van der Waals surface area contributed by atoms with E-state index < -0.39 is 0 Å². The molecule has 2 heteroatoms. The summed E-state index contributed by atoms with van der Waals surface area (Å²) in [5.41, 5.74) is 5.22. The maximum atomic E-state index is 4.90. The van der Waals surface area contributed by atoms with E-state index in [1.807, 2.05) is 17.5 Å². The fraction of sp³-hybridized carbons (Fsp3) is 0.300. The minimum atomic E-state index is 0.0634. The van der Waals surface area contributed by atoms with Crippen LogP contribution in [-0.2, 0) is 5.41 Å². The van der Waals surface area contributed by atoms with Crippen LogP contribution in [0.4, 0.5) is 0 Å². The Bertz CT molecular complexity index is 1430. The standard InChI is InChI=1S/C30H31NS/c1-6-19(7-2)20-12-13-24-25-14-15-31-28(29(25)32-27(24)18-20)22-16-21-10-8-9-11-23(21)26(17-22)30(3,4)5/h8-19H,6-7H2,1-5H3. The molecule has 0 fully saturated rings. The number of rotatable bonds is 4. The summed E-state index contributed by atoms with van der Waals surface area (Å²) in [7, 11) is 0. The molecule has 162 valence electrons. The molecule has 0 bridgehead atoms. The normalized spacial score (nSPS) is 12.4. The van der Waals surface area contributed by atoms with Gasteiger partial charge in [-0.3, -0.25) is 4.98 Å². The summed E-state index contributed by atoms with van der Waals surface area (Å²) in [6, 6.07) is 22.7. The van der Waals surface area contributed by atoms with Crippen molar-refractivity contribution in [3.8, 4) is 11.3 Å². The first-order valence-corrected chi connectivity index (χ1v) is 12.6. The molecule has 0 saturated carbocycles. The number of hydrogen-bond donors (Lipinski definition) is 0. The van der Waals surface area contributed by atoms with Gasteiger partial charge < -0.3 is 0 Å². The number of hydrogen-bond acceptors (Lipinski definition) is 2. The second kappa shape index (κ2) is 8.01. The molecule has 0 aliphatic rings. The van der Waals surface area contributed by atoms with Crippen LogP contribution in [0.1, 0.15) is 64.5 Å². The van der Waals surface area contributed by atoms with Crippen molar-refractivity contribution in [2.45, 2.75) is 58.8 Å². The van der Waals surface area contributed by atoms with Gasteiger partial charge in [0.05, 0.1) is 10.4 Å². The number of benzene rings is 3. The van der Waals surface area contributed by atoms with E-state index in [0.29, 0.717) is 5.92 Å². The monoisotopic (exact) mass is 437 g/mol. The van der Waals surface area contributed by atoms with Crippen molar-refractivity contribution < 1.29 is 0 Å². The third-order valence-electron chi connectivity index (χ3n) is 6.81. The van der Waals surface area contributed by atoms with Gasteiger partial charge in [0, 0.05) is 27.2 Å². The zero-order valence-electron chi connectivity index (χ0n) is 19.7. The maximum absolute atomic E-state index is 4.90. The molecule has 32 heavy (non-hydrogen) atoms. The molecule has 0 N–H and O–H groups in total. The van der Waals surface area contributed by atoms with Crippen LogP contribution in [0.5, 0.6) is 0 Å². The Balaban J connectivity index is 1.76. The van der Waals surface area contributed by atoms with Crippen LogP contribution in [-0.4, -0.2) is 4.98 Å². The number of thiophene rings is 1. The SMILES string of the molecule is CCC(CC)c1ccc2c(c1)sc1c(-c3cc(C(C)(C)C)c4ccccc4c3)nccc12. The molecule has 3 aromatic carbocycles. The van der Waals surface area contributed by atoms with Crippen LogP contribution in [0.25, 0.3) is 42.2 Å². The second-order valence-electron chi connectivity index (χ2n) is 9.90. The lowest BCUT2D eigenvalue weighted by Gasteiger charge is -2.22. The number of aromatic nitrogens is 1. The van der Waals surface area contributed by atoms with E-state index in [4.69, 9.17) is 4.98 Å². The van der Waals surface area contributed by atoms with Gasteiger partial charge in [0.15, 0.2) is 0 Å². The van der Waals surface area contributed by atoms with Crippen LogP contribution in [0.3, 0.4) is 0 Å². The fourth-order valence-electron chi connectivity index (χ4n) is 5.01. The summed E-state index contributed by atoms with van der Waals surface area (Å²) in [6.07, 6.45) is 4.35. The van der Waals surface area contributed by atoms with Crippen molar-refractivity contribution >= 4 is 42.3 Å².